The monoisotopic (exact) mass is 558 g/mol. The Morgan fingerprint density at radius 1 is 0.513 bits per heavy atom. The second-order valence-corrected chi connectivity index (χ2v) is 9.88. The average Bonchev–Trinajstić information content (AvgIpc) is 2.84. The molecule has 0 aliphatic heterocycles. The van der Waals surface area contributed by atoms with E-state index >= 15 is 0 Å². The van der Waals surface area contributed by atoms with Crippen molar-refractivity contribution < 1.29 is 47.7 Å². The smallest absolute Gasteiger partial charge is 0.305 e. The number of hydrogen-bond donors (Lipinski definition) is 0. The van der Waals surface area contributed by atoms with E-state index in [4.69, 9.17) is 23.7 Å². The van der Waals surface area contributed by atoms with Gasteiger partial charge in [0, 0.05) is 34.1 Å². The molecule has 0 fully saturated rings. The van der Waals surface area contributed by atoms with Crippen LogP contribution in [0.1, 0.15) is 125 Å². The standard InChI is InChI=1S/C29H50O10/c1-6-7-8-9-11-14-17-27(38-24(4)32)28(39-25(5)33)18-15-12-10-13-16-19-29(34)36-21-26(37-23(3)31)20-35-22(2)30/h26-28H,6-21H2,1-5H3. The number of hydrogen-bond acceptors (Lipinski definition) is 10. The molecule has 10 heteroatoms. The molecule has 39 heavy (non-hydrogen) atoms. The van der Waals surface area contributed by atoms with E-state index in [9.17, 15) is 24.0 Å². The van der Waals surface area contributed by atoms with E-state index in [1.165, 1.54) is 47.0 Å². The van der Waals surface area contributed by atoms with Crippen LogP contribution in [0, 0.1) is 0 Å². The Labute approximate surface area is 233 Å². The molecule has 0 aromatic rings. The van der Waals surface area contributed by atoms with Crippen LogP contribution in [-0.4, -0.2) is 61.4 Å². The maximum Gasteiger partial charge on any atom is 0.305 e. The fourth-order valence-corrected chi connectivity index (χ4v) is 4.16. The highest BCUT2D eigenvalue weighted by molar-refractivity contribution is 5.69. The minimum absolute atomic E-state index is 0.173. The first-order valence-electron chi connectivity index (χ1n) is 14.4. The topological polar surface area (TPSA) is 132 Å². The Hall–Kier alpha value is -2.65. The van der Waals surface area contributed by atoms with Crippen LogP contribution in [0.25, 0.3) is 0 Å². The van der Waals surface area contributed by atoms with Crippen molar-refractivity contribution in [2.45, 2.75) is 143 Å². The summed E-state index contributed by atoms with van der Waals surface area (Å²) in [5, 5.41) is 0. The van der Waals surface area contributed by atoms with Crippen LogP contribution in [0.4, 0.5) is 0 Å². The van der Waals surface area contributed by atoms with Gasteiger partial charge in [-0.05, 0) is 32.1 Å². The van der Waals surface area contributed by atoms with Crippen LogP contribution in [-0.2, 0) is 47.7 Å². The molecule has 0 amide bonds. The van der Waals surface area contributed by atoms with Gasteiger partial charge in [-0.2, -0.15) is 0 Å². The van der Waals surface area contributed by atoms with Gasteiger partial charge in [-0.15, -0.1) is 0 Å². The first-order chi connectivity index (χ1) is 18.5. The second-order valence-electron chi connectivity index (χ2n) is 9.88. The molecule has 10 nitrogen and oxygen atoms in total. The van der Waals surface area contributed by atoms with Gasteiger partial charge in [-0.25, -0.2) is 0 Å². The highest BCUT2D eigenvalue weighted by Crippen LogP contribution is 2.21. The zero-order valence-electron chi connectivity index (χ0n) is 24.6. The maximum absolute atomic E-state index is 12.0. The lowest BCUT2D eigenvalue weighted by Crippen LogP contribution is -2.34. The van der Waals surface area contributed by atoms with Crippen molar-refractivity contribution in [2.24, 2.45) is 0 Å². The maximum atomic E-state index is 12.0. The van der Waals surface area contributed by atoms with Gasteiger partial charge in [-0.3, -0.25) is 24.0 Å². The number of carbonyl (C=O) groups excluding carboxylic acids is 5. The highest BCUT2D eigenvalue weighted by atomic mass is 16.6. The molecule has 0 bridgehead atoms. The summed E-state index contributed by atoms with van der Waals surface area (Å²) in [5.74, 6) is -2.25. The van der Waals surface area contributed by atoms with E-state index in [1.54, 1.807) is 0 Å². The van der Waals surface area contributed by atoms with Crippen LogP contribution in [0.15, 0.2) is 0 Å². The Balaban J connectivity index is 4.38. The molecular formula is C29H50O10. The summed E-state index contributed by atoms with van der Waals surface area (Å²) >= 11 is 0. The number of carbonyl (C=O) groups is 5. The molecule has 0 rings (SSSR count). The molecule has 0 aromatic carbocycles. The van der Waals surface area contributed by atoms with Crippen molar-refractivity contribution in [3.63, 3.8) is 0 Å². The van der Waals surface area contributed by atoms with Crippen LogP contribution in [0.5, 0.6) is 0 Å². The first kappa shape index (κ1) is 36.4. The van der Waals surface area contributed by atoms with E-state index in [1.807, 2.05) is 0 Å². The lowest BCUT2D eigenvalue weighted by molar-refractivity contribution is -0.166. The van der Waals surface area contributed by atoms with Crippen LogP contribution in [0.2, 0.25) is 0 Å². The fraction of sp³-hybridized carbons (Fsp3) is 0.828. The minimum atomic E-state index is -0.836. The molecule has 0 heterocycles. The van der Waals surface area contributed by atoms with E-state index in [0.717, 1.165) is 44.9 Å². The summed E-state index contributed by atoms with van der Waals surface area (Å²) in [5.41, 5.74) is 0. The number of rotatable bonds is 23. The predicted molar refractivity (Wildman–Crippen MR) is 145 cm³/mol. The summed E-state index contributed by atoms with van der Waals surface area (Å²) in [6.07, 6.45) is 10.5. The highest BCUT2D eigenvalue weighted by Gasteiger charge is 2.26. The van der Waals surface area contributed by atoms with Gasteiger partial charge in [0.05, 0.1) is 0 Å². The second kappa shape index (κ2) is 23.3. The molecule has 0 saturated carbocycles. The lowest BCUT2D eigenvalue weighted by atomic mass is 9.99. The zero-order valence-corrected chi connectivity index (χ0v) is 24.6. The van der Waals surface area contributed by atoms with Gasteiger partial charge in [0.25, 0.3) is 0 Å². The van der Waals surface area contributed by atoms with Crippen LogP contribution in [0.3, 0.4) is 0 Å². The Morgan fingerprint density at radius 3 is 1.41 bits per heavy atom. The molecule has 3 unspecified atom stereocenters. The van der Waals surface area contributed by atoms with E-state index in [0.29, 0.717) is 19.3 Å². The van der Waals surface area contributed by atoms with Crippen LogP contribution < -0.4 is 0 Å². The van der Waals surface area contributed by atoms with E-state index < -0.39 is 36.2 Å². The summed E-state index contributed by atoms with van der Waals surface area (Å²) in [4.78, 5) is 57.5. The average molecular weight is 559 g/mol. The Morgan fingerprint density at radius 2 is 0.949 bits per heavy atom. The van der Waals surface area contributed by atoms with Crippen molar-refractivity contribution >= 4 is 29.8 Å². The number of ether oxygens (including phenoxy) is 5. The van der Waals surface area contributed by atoms with Crippen molar-refractivity contribution in [3.8, 4) is 0 Å². The van der Waals surface area contributed by atoms with Crippen molar-refractivity contribution in [1.29, 1.82) is 0 Å². The Kier molecular flexibility index (Phi) is 21.7. The summed E-state index contributed by atoms with van der Waals surface area (Å²) in [6, 6.07) is 0. The van der Waals surface area contributed by atoms with Crippen molar-refractivity contribution in [1.82, 2.24) is 0 Å². The van der Waals surface area contributed by atoms with Crippen molar-refractivity contribution in [2.75, 3.05) is 13.2 Å². The summed E-state index contributed by atoms with van der Waals surface area (Å²) in [7, 11) is 0. The van der Waals surface area contributed by atoms with Crippen molar-refractivity contribution in [3.05, 3.63) is 0 Å². The third-order valence-corrected chi connectivity index (χ3v) is 6.00. The predicted octanol–water partition coefficient (Wildman–Crippen LogP) is 5.37. The van der Waals surface area contributed by atoms with Gasteiger partial charge < -0.3 is 23.7 Å². The van der Waals surface area contributed by atoms with Gasteiger partial charge >= 0.3 is 29.8 Å². The largest absolute Gasteiger partial charge is 0.462 e. The minimum Gasteiger partial charge on any atom is -0.462 e. The molecule has 226 valence electrons. The van der Waals surface area contributed by atoms with Gasteiger partial charge in [0.15, 0.2) is 6.10 Å². The normalized spacial score (nSPS) is 13.1. The third kappa shape index (κ3) is 23.0. The van der Waals surface area contributed by atoms with E-state index in [2.05, 4.69) is 6.92 Å². The molecule has 0 aliphatic carbocycles. The first-order valence-corrected chi connectivity index (χ1v) is 14.4. The molecule has 0 aliphatic rings. The summed E-state index contributed by atoms with van der Waals surface area (Å²) in [6.45, 7) is 7.03. The molecule has 0 spiro atoms. The third-order valence-electron chi connectivity index (χ3n) is 6.00. The molecule has 0 aromatic heterocycles. The molecule has 0 radical (unpaired) electrons. The van der Waals surface area contributed by atoms with Gasteiger partial charge in [-0.1, -0.05) is 58.3 Å². The molecule has 0 saturated heterocycles. The van der Waals surface area contributed by atoms with E-state index in [-0.39, 0.29) is 31.6 Å². The quantitative estimate of drug-likeness (QED) is 0.0916. The Bertz CT molecular complexity index is 721. The van der Waals surface area contributed by atoms with Gasteiger partial charge in [0.2, 0.25) is 0 Å². The molecule has 3 atom stereocenters. The lowest BCUT2D eigenvalue weighted by Gasteiger charge is -2.26. The number of esters is 5. The fourth-order valence-electron chi connectivity index (χ4n) is 4.16. The summed E-state index contributed by atoms with van der Waals surface area (Å²) < 4.78 is 26.0. The molecular weight excluding hydrogens is 508 g/mol. The zero-order chi connectivity index (χ0) is 29.5. The van der Waals surface area contributed by atoms with Crippen LogP contribution >= 0.6 is 0 Å². The van der Waals surface area contributed by atoms with Gasteiger partial charge in [0.1, 0.15) is 25.4 Å². The molecule has 0 N–H and O–H groups in total. The SMILES string of the molecule is CCCCCCCCC(OC(C)=O)C(CCCCCCCC(=O)OCC(COC(C)=O)OC(C)=O)OC(C)=O. The number of unbranched alkanes of at least 4 members (excludes halogenated alkanes) is 9.